The van der Waals surface area contributed by atoms with Gasteiger partial charge in [-0.2, -0.15) is 0 Å². The number of hydrogen-bond donors (Lipinski definition) is 1. The van der Waals surface area contributed by atoms with Crippen LogP contribution in [-0.2, 0) is 23.8 Å². The number of ether oxygens (including phenoxy) is 3. The van der Waals surface area contributed by atoms with Gasteiger partial charge in [-0.15, -0.1) is 0 Å². The van der Waals surface area contributed by atoms with Crippen molar-refractivity contribution in [3.05, 3.63) is 12.2 Å². The molecular formula is C15H19NO6. The number of carbonyl (C=O) groups excluding carboxylic acids is 1. The Morgan fingerprint density at radius 3 is 2.23 bits per heavy atom. The van der Waals surface area contributed by atoms with Gasteiger partial charge in [0, 0.05) is 25.9 Å². The molecule has 0 aromatic heterocycles. The molecule has 7 nitrogen and oxygen atoms in total. The zero-order chi connectivity index (χ0) is 15.3. The van der Waals surface area contributed by atoms with Crippen LogP contribution < -0.4 is 0 Å². The summed E-state index contributed by atoms with van der Waals surface area (Å²) in [5.41, 5.74) is 0. The first-order chi connectivity index (χ1) is 10.6. The van der Waals surface area contributed by atoms with E-state index in [1.54, 1.807) is 17.1 Å². The largest absolute Gasteiger partial charge is 0.481 e. The van der Waals surface area contributed by atoms with Crippen LogP contribution in [0, 0.1) is 11.8 Å². The molecule has 2 bridgehead atoms. The minimum Gasteiger partial charge on any atom is -0.481 e. The molecule has 0 aliphatic carbocycles. The Balaban J connectivity index is 1.46. The molecule has 0 aromatic rings. The number of rotatable bonds is 2. The average Bonchev–Trinajstić information content (AvgIpc) is 3.22. The summed E-state index contributed by atoms with van der Waals surface area (Å²) >= 11 is 0. The van der Waals surface area contributed by atoms with Gasteiger partial charge in [-0.3, -0.25) is 9.59 Å². The first kappa shape index (κ1) is 14.2. The summed E-state index contributed by atoms with van der Waals surface area (Å²) in [6.07, 6.45) is 3.93. The van der Waals surface area contributed by atoms with Crippen molar-refractivity contribution in [1.82, 2.24) is 4.90 Å². The zero-order valence-electron chi connectivity index (χ0n) is 12.1. The monoisotopic (exact) mass is 309 g/mol. The smallest absolute Gasteiger partial charge is 0.310 e. The Bertz CT molecular complexity index is 516. The Morgan fingerprint density at radius 1 is 1.05 bits per heavy atom. The van der Waals surface area contributed by atoms with Crippen LogP contribution in [0.3, 0.4) is 0 Å². The van der Waals surface area contributed by atoms with Gasteiger partial charge in [0.1, 0.15) is 5.92 Å². The molecule has 0 saturated carbocycles. The van der Waals surface area contributed by atoms with Gasteiger partial charge in [0.25, 0.3) is 0 Å². The number of nitrogens with zero attached hydrogens (tertiary/aromatic N) is 1. The van der Waals surface area contributed by atoms with Crippen molar-refractivity contribution < 1.29 is 28.9 Å². The molecule has 4 heterocycles. The van der Waals surface area contributed by atoms with Crippen LogP contribution in [0.2, 0.25) is 0 Å². The first-order valence-electron chi connectivity index (χ1n) is 7.73. The molecule has 4 aliphatic heterocycles. The van der Waals surface area contributed by atoms with Gasteiger partial charge < -0.3 is 24.2 Å². The molecule has 4 atom stereocenters. The normalized spacial score (nSPS) is 38.8. The summed E-state index contributed by atoms with van der Waals surface area (Å²) in [6, 6.07) is 0. The van der Waals surface area contributed by atoms with Crippen LogP contribution in [0.25, 0.3) is 0 Å². The summed E-state index contributed by atoms with van der Waals surface area (Å²) in [7, 11) is 0. The number of piperidine rings is 1. The van der Waals surface area contributed by atoms with Crippen molar-refractivity contribution in [2.45, 2.75) is 30.8 Å². The van der Waals surface area contributed by atoms with Crippen molar-refractivity contribution in [3.8, 4) is 0 Å². The van der Waals surface area contributed by atoms with Crippen LogP contribution in [0.5, 0.6) is 0 Å². The van der Waals surface area contributed by atoms with E-state index in [4.69, 9.17) is 14.2 Å². The summed E-state index contributed by atoms with van der Waals surface area (Å²) in [5, 5.41) is 9.40. The number of amides is 1. The second-order valence-corrected chi connectivity index (χ2v) is 6.27. The number of hydrogen-bond acceptors (Lipinski definition) is 5. The van der Waals surface area contributed by atoms with Gasteiger partial charge in [0.2, 0.25) is 5.91 Å². The van der Waals surface area contributed by atoms with E-state index in [0.29, 0.717) is 39.1 Å². The predicted molar refractivity (Wildman–Crippen MR) is 72.9 cm³/mol. The highest BCUT2D eigenvalue weighted by atomic mass is 16.7. The van der Waals surface area contributed by atoms with Crippen LogP contribution >= 0.6 is 0 Å². The molecule has 22 heavy (non-hydrogen) atoms. The van der Waals surface area contributed by atoms with Crippen LogP contribution in [0.1, 0.15) is 12.8 Å². The number of carbonyl (C=O) groups is 2. The van der Waals surface area contributed by atoms with E-state index in [2.05, 4.69) is 0 Å². The van der Waals surface area contributed by atoms with Crippen molar-refractivity contribution in [2.24, 2.45) is 11.8 Å². The van der Waals surface area contributed by atoms with Gasteiger partial charge in [-0.05, 0) is 0 Å². The van der Waals surface area contributed by atoms with Crippen molar-refractivity contribution in [2.75, 3.05) is 26.3 Å². The molecule has 7 heteroatoms. The second kappa shape index (κ2) is 5.04. The highest BCUT2D eigenvalue weighted by Gasteiger charge is 2.54. The molecule has 0 aromatic carbocycles. The van der Waals surface area contributed by atoms with E-state index in [9.17, 15) is 14.7 Å². The van der Waals surface area contributed by atoms with Crippen molar-refractivity contribution in [1.29, 1.82) is 0 Å². The lowest BCUT2D eigenvalue weighted by Crippen LogP contribution is -2.51. The van der Waals surface area contributed by atoms with Crippen LogP contribution in [0.4, 0.5) is 0 Å². The van der Waals surface area contributed by atoms with Crippen LogP contribution in [-0.4, -0.2) is 66.2 Å². The highest BCUT2D eigenvalue weighted by molar-refractivity contribution is 5.87. The minimum atomic E-state index is -0.967. The standard InChI is InChI=1S/C15H19NO6/c17-13(11-9-1-2-10(22-9)12(11)14(18)19)16-5-3-15(4-6-16)20-7-8-21-15/h1-2,9-12H,3-8H2,(H,18,19)/t9-,10+,11+,12-/m1/s1. The molecule has 1 spiro atoms. The van der Waals surface area contributed by atoms with E-state index >= 15 is 0 Å². The second-order valence-electron chi connectivity index (χ2n) is 6.27. The third-order valence-corrected chi connectivity index (χ3v) is 5.12. The Kier molecular flexibility index (Phi) is 3.25. The quantitative estimate of drug-likeness (QED) is 0.723. The molecule has 1 N–H and O–H groups in total. The molecule has 120 valence electrons. The molecule has 4 aliphatic rings. The minimum absolute atomic E-state index is 0.128. The summed E-state index contributed by atoms with van der Waals surface area (Å²) < 4.78 is 16.9. The number of fused-ring (bicyclic) bond motifs is 2. The van der Waals surface area contributed by atoms with E-state index in [0.717, 1.165) is 0 Å². The Labute approximate surface area is 127 Å². The fourth-order valence-electron chi connectivity index (χ4n) is 3.96. The maximum Gasteiger partial charge on any atom is 0.310 e. The fraction of sp³-hybridized carbons (Fsp3) is 0.733. The molecule has 3 saturated heterocycles. The number of carboxylic acid groups (broad SMARTS) is 1. The van der Waals surface area contributed by atoms with E-state index < -0.39 is 35.8 Å². The molecule has 0 radical (unpaired) electrons. The highest BCUT2D eigenvalue weighted by Crippen LogP contribution is 2.41. The lowest BCUT2D eigenvalue weighted by molar-refractivity contribution is -0.189. The Hall–Kier alpha value is -1.44. The van der Waals surface area contributed by atoms with E-state index in [-0.39, 0.29) is 5.91 Å². The number of aliphatic carboxylic acids is 1. The van der Waals surface area contributed by atoms with E-state index in [1.165, 1.54) is 0 Å². The predicted octanol–water partition coefficient (Wildman–Crippen LogP) is 0.00610. The van der Waals surface area contributed by atoms with Gasteiger partial charge in [-0.1, -0.05) is 12.2 Å². The fourth-order valence-corrected chi connectivity index (χ4v) is 3.96. The first-order valence-corrected chi connectivity index (χ1v) is 7.73. The van der Waals surface area contributed by atoms with Crippen LogP contribution in [0.15, 0.2) is 12.2 Å². The summed E-state index contributed by atoms with van der Waals surface area (Å²) in [4.78, 5) is 26.0. The maximum atomic E-state index is 12.8. The molecule has 1 amide bonds. The maximum absolute atomic E-state index is 12.8. The Morgan fingerprint density at radius 2 is 1.64 bits per heavy atom. The number of carboxylic acids is 1. The zero-order valence-corrected chi connectivity index (χ0v) is 12.1. The summed E-state index contributed by atoms with van der Waals surface area (Å²) in [5.74, 6) is -3.03. The summed E-state index contributed by atoms with van der Waals surface area (Å²) in [6.45, 7) is 2.26. The SMILES string of the molecule is O=C(O)[C@H]1[C@@H](C(=O)N2CCC3(CC2)OCCO3)[C@H]2C=C[C@@H]1O2. The molecule has 0 unspecified atom stereocenters. The van der Waals surface area contributed by atoms with Crippen molar-refractivity contribution >= 4 is 11.9 Å². The van der Waals surface area contributed by atoms with Crippen molar-refractivity contribution in [3.63, 3.8) is 0 Å². The van der Waals surface area contributed by atoms with E-state index in [1.807, 2.05) is 0 Å². The lowest BCUT2D eigenvalue weighted by atomic mass is 9.81. The molecular weight excluding hydrogens is 290 g/mol. The third-order valence-electron chi connectivity index (χ3n) is 5.12. The molecule has 3 fully saturated rings. The van der Waals surface area contributed by atoms with Gasteiger partial charge in [-0.25, -0.2) is 0 Å². The van der Waals surface area contributed by atoms with Gasteiger partial charge >= 0.3 is 5.97 Å². The lowest BCUT2D eigenvalue weighted by Gasteiger charge is -2.39. The topological polar surface area (TPSA) is 85.3 Å². The number of likely N-dealkylation sites (tertiary alicyclic amines) is 1. The van der Waals surface area contributed by atoms with Gasteiger partial charge in [0.15, 0.2) is 5.79 Å². The van der Waals surface area contributed by atoms with Gasteiger partial charge in [0.05, 0.1) is 31.3 Å². The molecule has 4 rings (SSSR count). The third kappa shape index (κ3) is 2.07. The average molecular weight is 309 g/mol.